The number of methoxy groups -OCH3 is 1. The standard InChI is InChI=1S/C17H34N2O2/c1-6-9-14(3)19(4)13-11-15-10-8-12-17(15,18-7-2)16(20)21-5/h14-15,18H,6-13H2,1-5H3. The van der Waals surface area contributed by atoms with Crippen LogP contribution in [0.2, 0.25) is 0 Å². The first-order valence-electron chi connectivity index (χ1n) is 8.55. The molecule has 1 aliphatic carbocycles. The van der Waals surface area contributed by atoms with Crippen molar-refractivity contribution in [2.75, 3.05) is 27.2 Å². The SMILES string of the molecule is CCCC(C)N(C)CCC1CCCC1(NCC)C(=O)OC. The highest BCUT2D eigenvalue weighted by Gasteiger charge is 2.48. The number of nitrogens with one attached hydrogen (secondary N) is 1. The molecule has 0 aliphatic heterocycles. The van der Waals surface area contributed by atoms with Gasteiger partial charge in [-0.2, -0.15) is 0 Å². The van der Waals surface area contributed by atoms with Gasteiger partial charge in [0.1, 0.15) is 5.54 Å². The zero-order valence-electron chi connectivity index (χ0n) is 14.6. The molecule has 21 heavy (non-hydrogen) atoms. The molecule has 3 unspecified atom stereocenters. The van der Waals surface area contributed by atoms with Gasteiger partial charge in [0.15, 0.2) is 0 Å². The van der Waals surface area contributed by atoms with Gasteiger partial charge in [0, 0.05) is 6.04 Å². The maximum atomic E-state index is 12.3. The van der Waals surface area contributed by atoms with Crippen molar-refractivity contribution < 1.29 is 9.53 Å². The minimum Gasteiger partial charge on any atom is -0.468 e. The summed E-state index contributed by atoms with van der Waals surface area (Å²) in [5, 5.41) is 3.44. The van der Waals surface area contributed by atoms with E-state index in [1.54, 1.807) is 0 Å². The van der Waals surface area contributed by atoms with Crippen molar-refractivity contribution in [2.24, 2.45) is 5.92 Å². The fourth-order valence-corrected chi connectivity index (χ4v) is 3.76. The highest BCUT2D eigenvalue weighted by atomic mass is 16.5. The first-order chi connectivity index (χ1) is 10.0. The molecule has 4 heteroatoms. The van der Waals surface area contributed by atoms with E-state index < -0.39 is 5.54 Å². The molecule has 1 fully saturated rings. The Labute approximate surface area is 130 Å². The largest absolute Gasteiger partial charge is 0.468 e. The van der Waals surface area contributed by atoms with Crippen molar-refractivity contribution >= 4 is 5.97 Å². The van der Waals surface area contributed by atoms with Crippen molar-refractivity contribution in [2.45, 2.75) is 70.9 Å². The molecular weight excluding hydrogens is 264 g/mol. The number of hydrogen-bond donors (Lipinski definition) is 1. The minimum absolute atomic E-state index is 0.0730. The first kappa shape index (κ1) is 18.4. The van der Waals surface area contributed by atoms with Gasteiger partial charge in [-0.3, -0.25) is 4.79 Å². The molecule has 3 atom stereocenters. The molecule has 0 saturated heterocycles. The van der Waals surface area contributed by atoms with E-state index in [4.69, 9.17) is 4.74 Å². The number of ether oxygens (including phenoxy) is 1. The number of hydrogen-bond acceptors (Lipinski definition) is 4. The van der Waals surface area contributed by atoms with Crippen LogP contribution in [0.5, 0.6) is 0 Å². The lowest BCUT2D eigenvalue weighted by Gasteiger charge is -2.35. The number of carbonyl (C=O) groups excluding carboxylic acids is 1. The van der Waals surface area contributed by atoms with Crippen LogP contribution in [0.3, 0.4) is 0 Å². The van der Waals surface area contributed by atoms with Crippen molar-refractivity contribution in [3.05, 3.63) is 0 Å². The maximum Gasteiger partial charge on any atom is 0.326 e. The number of carbonyl (C=O) groups is 1. The number of likely N-dealkylation sites (N-methyl/N-ethyl adjacent to an activating group) is 1. The average molecular weight is 298 g/mol. The second-order valence-corrected chi connectivity index (χ2v) is 6.49. The van der Waals surface area contributed by atoms with Gasteiger partial charge in [0.05, 0.1) is 7.11 Å². The Morgan fingerprint density at radius 2 is 2.19 bits per heavy atom. The third-order valence-corrected chi connectivity index (χ3v) is 5.15. The van der Waals surface area contributed by atoms with Crippen molar-refractivity contribution in [1.29, 1.82) is 0 Å². The average Bonchev–Trinajstić information content (AvgIpc) is 2.88. The summed E-state index contributed by atoms with van der Waals surface area (Å²) in [5.74, 6) is 0.317. The smallest absolute Gasteiger partial charge is 0.326 e. The van der Waals surface area contributed by atoms with Gasteiger partial charge in [-0.25, -0.2) is 0 Å². The highest BCUT2D eigenvalue weighted by Crippen LogP contribution is 2.39. The van der Waals surface area contributed by atoms with Gasteiger partial charge in [0.25, 0.3) is 0 Å². The van der Waals surface area contributed by atoms with E-state index >= 15 is 0 Å². The molecule has 0 aromatic rings. The van der Waals surface area contributed by atoms with Gasteiger partial charge in [-0.15, -0.1) is 0 Å². The van der Waals surface area contributed by atoms with Crippen molar-refractivity contribution in [3.8, 4) is 0 Å². The fraction of sp³-hybridized carbons (Fsp3) is 0.941. The van der Waals surface area contributed by atoms with Gasteiger partial charge >= 0.3 is 5.97 Å². The van der Waals surface area contributed by atoms with Gasteiger partial charge < -0.3 is 15.0 Å². The highest BCUT2D eigenvalue weighted by molar-refractivity contribution is 5.81. The Bertz CT molecular complexity index is 322. The molecule has 0 radical (unpaired) electrons. The van der Waals surface area contributed by atoms with Crippen molar-refractivity contribution in [1.82, 2.24) is 10.2 Å². The molecule has 4 nitrogen and oxygen atoms in total. The zero-order chi connectivity index (χ0) is 15.9. The molecule has 1 saturated carbocycles. The molecule has 0 amide bonds. The molecule has 124 valence electrons. The monoisotopic (exact) mass is 298 g/mol. The molecule has 0 spiro atoms. The lowest BCUT2D eigenvalue weighted by atomic mass is 9.84. The first-order valence-corrected chi connectivity index (χ1v) is 8.55. The Hall–Kier alpha value is -0.610. The summed E-state index contributed by atoms with van der Waals surface area (Å²) in [7, 11) is 3.70. The van der Waals surface area contributed by atoms with Crippen LogP contribution in [0.15, 0.2) is 0 Å². The molecule has 0 bridgehead atoms. The van der Waals surface area contributed by atoms with Crippen LogP contribution in [0, 0.1) is 5.92 Å². The summed E-state index contributed by atoms with van der Waals surface area (Å²) < 4.78 is 5.10. The summed E-state index contributed by atoms with van der Waals surface area (Å²) in [6.07, 6.45) is 6.66. The van der Waals surface area contributed by atoms with E-state index in [0.717, 1.165) is 38.8 Å². The van der Waals surface area contributed by atoms with Gasteiger partial charge in [-0.05, 0) is 58.7 Å². The molecular formula is C17H34N2O2. The normalized spacial score (nSPS) is 27.0. The lowest BCUT2D eigenvalue weighted by molar-refractivity contribution is -0.150. The van der Waals surface area contributed by atoms with E-state index in [9.17, 15) is 4.79 Å². The van der Waals surface area contributed by atoms with E-state index in [1.807, 2.05) is 0 Å². The van der Waals surface area contributed by atoms with Crippen LogP contribution >= 0.6 is 0 Å². The van der Waals surface area contributed by atoms with E-state index in [0.29, 0.717) is 12.0 Å². The summed E-state index contributed by atoms with van der Waals surface area (Å²) in [4.78, 5) is 14.7. The van der Waals surface area contributed by atoms with Crippen LogP contribution in [-0.4, -0.2) is 49.7 Å². The third kappa shape index (κ3) is 4.43. The molecule has 1 aliphatic rings. The Kier molecular flexibility index (Phi) is 7.67. The van der Waals surface area contributed by atoms with Crippen LogP contribution < -0.4 is 5.32 Å². The quantitative estimate of drug-likeness (QED) is 0.665. The number of nitrogens with zero attached hydrogens (tertiary/aromatic N) is 1. The maximum absolute atomic E-state index is 12.3. The Morgan fingerprint density at radius 1 is 1.48 bits per heavy atom. The molecule has 1 rings (SSSR count). The van der Waals surface area contributed by atoms with Crippen LogP contribution in [-0.2, 0) is 9.53 Å². The predicted molar refractivity (Wildman–Crippen MR) is 87.4 cm³/mol. The second-order valence-electron chi connectivity index (χ2n) is 6.49. The van der Waals surface area contributed by atoms with E-state index in [2.05, 4.69) is 38.0 Å². The third-order valence-electron chi connectivity index (χ3n) is 5.15. The summed E-state index contributed by atoms with van der Waals surface area (Å²) in [6.45, 7) is 8.45. The molecule has 0 heterocycles. The van der Waals surface area contributed by atoms with E-state index in [-0.39, 0.29) is 5.97 Å². The number of rotatable bonds is 9. The van der Waals surface area contributed by atoms with Crippen LogP contribution in [0.1, 0.15) is 59.3 Å². The molecule has 0 aromatic heterocycles. The Morgan fingerprint density at radius 3 is 2.76 bits per heavy atom. The Balaban J connectivity index is 2.65. The van der Waals surface area contributed by atoms with Crippen LogP contribution in [0.4, 0.5) is 0 Å². The topological polar surface area (TPSA) is 41.6 Å². The fourth-order valence-electron chi connectivity index (χ4n) is 3.76. The molecule has 1 N–H and O–H groups in total. The molecule has 0 aromatic carbocycles. The summed E-state index contributed by atoms with van der Waals surface area (Å²) in [5.41, 5.74) is -0.446. The predicted octanol–water partition coefficient (Wildman–Crippen LogP) is 2.82. The zero-order valence-corrected chi connectivity index (χ0v) is 14.6. The minimum atomic E-state index is -0.446. The summed E-state index contributed by atoms with van der Waals surface area (Å²) in [6, 6.07) is 0.614. The lowest BCUT2D eigenvalue weighted by Crippen LogP contribution is -2.55. The van der Waals surface area contributed by atoms with Gasteiger partial charge in [0.2, 0.25) is 0 Å². The van der Waals surface area contributed by atoms with Gasteiger partial charge in [-0.1, -0.05) is 26.7 Å². The number of esters is 1. The summed E-state index contributed by atoms with van der Waals surface area (Å²) >= 11 is 0. The van der Waals surface area contributed by atoms with Crippen LogP contribution in [0.25, 0.3) is 0 Å². The van der Waals surface area contributed by atoms with Crippen molar-refractivity contribution in [3.63, 3.8) is 0 Å². The second kappa shape index (κ2) is 8.74. The van der Waals surface area contributed by atoms with E-state index in [1.165, 1.54) is 20.0 Å².